The van der Waals surface area contributed by atoms with E-state index >= 15 is 0 Å². The molecule has 1 fully saturated rings. The highest BCUT2D eigenvalue weighted by Crippen LogP contribution is 2.31. The standard InChI is InChI=1S/C24H22ClFN6O/c25-20-12-29-23(31-24(33)17-2-1-5-27-10-17)8-19(20)16-3-4-21-22(7-16)32(14-30-21)13-15-6-18(26)11-28-9-15/h3-4,6-9,11-12,14,17,27H,1-2,5,10,13H2,(H,29,31,33)/t17-/m1/s1. The minimum Gasteiger partial charge on any atom is -0.326 e. The number of rotatable bonds is 5. The second kappa shape index (κ2) is 9.25. The Bertz CT molecular complexity index is 1320. The van der Waals surface area contributed by atoms with Crippen LogP contribution in [0, 0.1) is 11.7 Å². The number of nitrogens with zero attached hydrogens (tertiary/aromatic N) is 4. The van der Waals surface area contributed by atoms with Crippen molar-refractivity contribution in [3.63, 3.8) is 0 Å². The van der Waals surface area contributed by atoms with Gasteiger partial charge < -0.3 is 15.2 Å². The molecule has 168 valence electrons. The molecule has 3 aromatic heterocycles. The zero-order valence-electron chi connectivity index (χ0n) is 17.8. The number of halogens is 2. The Hall–Kier alpha value is -3.36. The lowest BCUT2D eigenvalue weighted by atomic mass is 9.99. The van der Waals surface area contributed by atoms with Crippen molar-refractivity contribution in [1.29, 1.82) is 0 Å². The topological polar surface area (TPSA) is 84.7 Å². The van der Waals surface area contributed by atoms with E-state index < -0.39 is 0 Å². The van der Waals surface area contributed by atoms with Crippen molar-refractivity contribution in [3.05, 3.63) is 71.7 Å². The molecule has 0 aliphatic carbocycles. The molecule has 33 heavy (non-hydrogen) atoms. The summed E-state index contributed by atoms with van der Waals surface area (Å²) in [7, 11) is 0. The fraction of sp³-hybridized carbons (Fsp3) is 0.250. The van der Waals surface area contributed by atoms with Gasteiger partial charge in [-0.3, -0.25) is 9.78 Å². The number of hydrogen-bond acceptors (Lipinski definition) is 5. The SMILES string of the molecule is O=C(Nc1cc(-c2ccc3ncn(Cc4cncc(F)c4)c3c2)c(Cl)cn1)[C@@H]1CCCNC1. The van der Waals surface area contributed by atoms with Gasteiger partial charge in [0, 0.05) is 24.5 Å². The van der Waals surface area contributed by atoms with Crippen LogP contribution in [0.15, 0.2) is 55.2 Å². The van der Waals surface area contributed by atoms with E-state index in [9.17, 15) is 9.18 Å². The number of hydrogen-bond donors (Lipinski definition) is 2. The Balaban J connectivity index is 1.43. The highest BCUT2D eigenvalue weighted by Gasteiger charge is 2.21. The van der Waals surface area contributed by atoms with E-state index in [0.717, 1.165) is 47.1 Å². The molecule has 1 aliphatic rings. The van der Waals surface area contributed by atoms with E-state index in [1.807, 2.05) is 22.8 Å². The number of fused-ring (bicyclic) bond motifs is 1. The second-order valence-corrected chi connectivity index (χ2v) is 8.58. The number of benzene rings is 1. The molecule has 5 rings (SSSR count). The van der Waals surface area contributed by atoms with E-state index in [-0.39, 0.29) is 17.6 Å². The first-order valence-corrected chi connectivity index (χ1v) is 11.2. The molecule has 1 atom stereocenters. The molecule has 1 amide bonds. The van der Waals surface area contributed by atoms with Gasteiger partial charge >= 0.3 is 0 Å². The second-order valence-electron chi connectivity index (χ2n) is 8.17. The summed E-state index contributed by atoms with van der Waals surface area (Å²) in [5.74, 6) is -0.0212. The molecule has 1 aromatic carbocycles. The molecule has 0 bridgehead atoms. The predicted octanol–water partition coefficient (Wildman–Crippen LogP) is 4.27. The van der Waals surface area contributed by atoms with Crippen molar-refractivity contribution in [2.45, 2.75) is 19.4 Å². The molecule has 1 saturated heterocycles. The summed E-state index contributed by atoms with van der Waals surface area (Å²) in [6.07, 6.45) is 7.93. The summed E-state index contributed by atoms with van der Waals surface area (Å²) in [5, 5.41) is 6.65. The average Bonchev–Trinajstić information content (AvgIpc) is 3.23. The maximum absolute atomic E-state index is 13.5. The Morgan fingerprint density at radius 3 is 2.94 bits per heavy atom. The van der Waals surface area contributed by atoms with Crippen molar-refractivity contribution < 1.29 is 9.18 Å². The van der Waals surface area contributed by atoms with Gasteiger partial charge in [0.2, 0.25) is 5.91 Å². The summed E-state index contributed by atoms with van der Waals surface area (Å²) in [6, 6.07) is 9.07. The third-order valence-corrected chi connectivity index (χ3v) is 6.12. The summed E-state index contributed by atoms with van der Waals surface area (Å²) in [5.41, 5.74) is 4.05. The minimum atomic E-state index is -0.375. The molecule has 1 aliphatic heterocycles. The van der Waals surface area contributed by atoms with E-state index in [2.05, 4.69) is 25.6 Å². The third-order valence-electron chi connectivity index (χ3n) is 5.82. The normalized spacial score (nSPS) is 16.1. The van der Waals surface area contributed by atoms with E-state index in [4.69, 9.17) is 11.6 Å². The first-order chi connectivity index (χ1) is 16.1. The van der Waals surface area contributed by atoms with E-state index in [0.29, 0.717) is 23.9 Å². The number of carbonyl (C=O) groups is 1. The number of amides is 1. The van der Waals surface area contributed by atoms with Crippen molar-refractivity contribution in [3.8, 4) is 11.1 Å². The van der Waals surface area contributed by atoms with Crippen LogP contribution in [-0.2, 0) is 11.3 Å². The van der Waals surface area contributed by atoms with Crippen LogP contribution in [0.3, 0.4) is 0 Å². The predicted molar refractivity (Wildman–Crippen MR) is 125 cm³/mol. The fourth-order valence-corrected chi connectivity index (χ4v) is 4.33. The van der Waals surface area contributed by atoms with Gasteiger partial charge in [-0.2, -0.15) is 0 Å². The highest BCUT2D eigenvalue weighted by molar-refractivity contribution is 6.33. The quantitative estimate of drug-likeness (QED) is 0.460. The van der Waals surface area contributed by atoms with Crippen LogP contribution in [0.5, 0.6) is 0 Å². The van der Waals surface area contributed by atoms with Crippen LogP contribution in [0.2, 0.25) is 5.02 Å². The molecule has 0 spiro atoms. The molecule has 0 saturated carbocycles. The van der Waals surface area contributed by atoms with Crippen molar-refractivity contribution in [2.75, 3.05) is 18.4 Å². The molecule has 0 radical (unpaired) electrons. The Morgan fingerprint density at radius 1 is 1.21 bits per heavy atom. The molecule has 4 heterocycles. The van der Waals surface area contributed by atoms with Gasteiger partial charge in [0.1, 0.15) is 11.6 Å². The molecular weight excluding hydrogens is 443 g/mol. The Morgan fingerprint density at radius 2 is 2.12 bits per heavy atom. The summed E-state index contributed by atoms with van der Waals surface area (Å²) in [4.78, 5) is 25.3. The average molecular weight is 465 g/mol. The smallest absolute Gasteiger partial charge is 0.229 e. The van der Waals surface area contributed by atoms with Crippen molar-refractivity contribution >= 4 is 34.4 Å². The molecule has 7 nitrogen and oxygen atoms in total. The minimum absolute atomic E-state index is 0.0415. The molecule has 2 N–H and O–H groups in total. The van der Waals surface area contributed by atoms with Gasteiger partial charge in [0.15, 0.2) is 0 Å². The summed E-state index contributed by atoms with van der Waals surface area (Å²) in [6.45, 7) is 2.06. The van der Waals surface area contributed by atoms with Gasteiger partial charge in [-0.25, -0.2) is 14.4 Å². The van der Waals surface area contributed by atoms with Gasteiger partial charge in [-0.05, 0) is 54.8 Å². The number of piperidine rings is 1. The summed E-state index contributed by atoms with van der Waals surface area (Å²) >= 11 is 6.47. The van der Waals surface area contributed by atoms with Crippen molar-refractivity contribution in [1.82, 2.24) is 24.8 Å². The van der Waals surface area contributed by atoms with Gasteiger partial charge in [0.05, 0.1) is 41.0 Å². The molecule has 4 aromatic rings. The highest BCUT2D eigenvalue weighted by atomic mass is 35.5. The van der Waals surface area contributed by atoms with Gasteiger partial charge in [-0.1, -0.05) is 17.7 Å². The molecule has 0 unspecified atom stereocenters. The number of carbonyl (C=O) groups excluding carboxylic acids is 1. The fourth-order valence-electron chi connectivity index (χ4n) is 4.12. The monoisotopic (exact) mass is 464 g/mol. The van der Waals surface area contributed by atoms with Crippen LogP contribution in [-0.4, -0.2) is 38.5 Å². The first-order valence-electron chi connectivity index (χ1n) is 10.8. The number of anilines is 1. The van der Waals surface area contributed by atoms with Crippen LogP contribution in [0.1, 0.15) is 18.4 Å². The van der Waals surface area contributed by atoms with E-state index in [1.54, 1.807) is 24.8 Å². The lowest BCUT2D eigenvalue weighted by Gasteiger charge is -2.21. The number of imidazole rings is 1. The molecular formula is C24H22ClFN6O. The Labute approximate surface area is 195 Å². The number of pyridine rings is 2. The summed E-state index contributed by atoms with van der Waals surface area (Å²) < 4.78 is 15.5. The van der Waals surface area contributed by atoms with Gasteiger partial charge in [0.25, 0.3) is 0 Å². The third kappa shape index (κ3) is 4.72. The van der Waals surface area contributed by atoms with Crippen LogP contribution in [0.25, 0.3) is 22.2 Å². The van der Waals surface area contributed by atoms with Gasteiger partial charge in [-0.15, -0.1) is 0 Å². The maximum Gasteiger partial charge on any atom is 0.229 e. The number of aromatic nitrogens is 4. The first kappa shape index (κ1) is 21.5. The zero-order chi connectivity index (χ0) is 22.8. The van der Waals surface area contributed by atoms with Crippen LogP contribution in [0.4, 0.5) is 10.2 Å². The number of nitrogens with one attached hydrogen (secondary N) is 2. The van der Waals surface area contributed by atoms with E-state index in [1.165, 1.54) is 12.3 Å². The lowest BCUT2D eigenvalue weighted by Crippen LogP contribution is -2.37. The molecule has 9 heteroatoms. The largest absolute Gasteiger partial charge is 0.326 e. The maximum atomic E-state index is 13.5. The van der Waals surface area contributed by atoms with Crippen LogP contribution >= 0.6 is 11.6 Å². The van der Waals surface area contributed by atoms with Crippen LogP contribution < -0.4 is 10.6 Å². The zero-order valence-corrected chi connectivity index (χ0v) is 18.5. The Kier molecular flexibility index (Phi) is 6.02. The van der Waals surface area contributed by atoms with Crippen molar-refractivity contribution in [2.24, 2.45) is 5.92 Å². The lowest BCUT2D eigenvalue weighted by molar-refractivity contribution is -0.120.